The van der Waals surface area contributed by atoms with Crippen LogP contribution >= 0.6 is 0 Å². The number of benzene rings is 1. The van der Waals surface area contributed by atoms with Gasteiger partial charge in [0.25, 0.3) is 5.91 Å². The maximum absolute atomic E-state index is 13.2. The molecule has 0 atom stereocenters. The lowest BCUT2D eigenvalue weighted by Gasteiger charge is -2.28. The molecule has 2 heterocycles. The Morgan fingerprint density at radius 2 is 1.76 bits per heavy atom. The van der Waals surface area contributed by atoms with Crippen molar-refractivity contribution < 1.29 is 26.4 Å². The van der Waals surface area contributed by atoms with Crippen molar-refractivity contribution in [2.24, 2.45) is 5.73 Å². The standard InChI is InChI=1S/C23H21F3N4O3S/c1-13-11-17-18(20(27)31)19(30(15-5-4-6-15)21(17)28-12-13)14-7-9-16(10-8-14)34(32,33)29-22(2,3)23(24,25)26/h4-12,29H,1-3H3,(H2,27,31). The van der Waals surface area contributed by atoms with Gasteiger partial charge in [-0.1, -0.05) is 18.2 Å². The summed E-state index contributed by atoms with van der Waals surface area (Å²) in [6.07, 6.45) is 2.31. The molecule has 1 aromatic carbocycles. The largest absolute Gasteiger partial charge is 0.407 e. The van der Waals surface area contributed by atoms with Gasteiger partial charge in [-0.15, -0.1) is 0 Å². The number of carbonyl (C=O) groups excluding carboxylic acids is 1. The van der Waals surface area contributed by atoms with Gasteiger partial charge >= 0.3 is 6.18 Å². The van der Waals surface area contributed by atoms with Crippen LogP contribution in [0.15, 0.2) is 59.7 Å². The Hall–Kier alpha value is -3.44. The van der Waals surface area contributed by atoms with Crippen LogP contribution in [0.25, 0.3) is 28.0 Å². The molecule has 2 aromatic heterocycles. The summed E-state index contributed by atoms with van der Waals surface area (Å²) in [5, 5.41) is 0.536. The van der Waals surface area contributed by atoms with Gasteiger partial charge in [0.05, 0.1) is 16.2 Å². The Labute approximate surface area is 193 Å². The number of primary amides is 1. The molecule has 0 spiro atoms. The third-order valence-corrected chi connectivity index (χ3v) is 7.19. The number of amides is 1. The fourth-order valence-electron chi connectivity index (χ4n) is 3.62. The Bertz CT molecular complexity index is 1480. The average molecular weight is 491 g/mol. The normalized spacial score (nSPS) is 14.2. The van der Waals surface area contributed by atoms with Gasteiger partial charge in [-0.25, -0.2) is 13.4 Å². The lowest BCUT2D eigenvalue weighted by atomic mass is 10.0. The van der Waals surface area contributed by atoms with Crippen LogP contribution in [0, 0.1) is 6.92 Å². The minimum atomic E-state index is -4.79. The van der Waals surface area contributed by atoms with E-state index in [4.69, 9.17) is 5.73 Å². The predicted molar refractivity (Wildman–Crippen MR) is 122 cm³/mol. The maximum atomic E-state index is 13.2. The maximum Gasteiger partial charge on any atom is 0.407 e. The molecule has 0 bridgehead atoms. The number of hydrogen-bond acceptors (Lipinski definition) is 4. The van der Waals surface area contributed by atoms with Crippen LogP contribution in [-0.4, -0.2) is 35.6 Å². The molecule has 7 nitrogen and oxygen atoms in total. The number of fused-ring (bicyclic) bond motifs is 1. The molecular formula is C23H21F3N4O3S. The predicted octanol–water partition coefficient (Wildman–Crippen LogP) is 4.14. The summed E-state index contributed by atoms with van der Waals surface area (Å²) in [6.45, 7) is 3.31. The molecule has 0 radical (unpaired) electrons. The van der Waals surface area contributed by atoms with Crippen molar-refractivity contribution >= 4 is 32.7 Å². The van der Waals surface area contributed by atoms with E-state index in [-0.39, 0.29) is 10.5 Å². The van der Waals surface area contributed by atoms with Gasteiger partial charge in [-0.05, 0) is 62.2 Å². The number of sulfonamides is 1. The molecule has 1 aliphatic rings. The number of nitrogens with two attached hydrogens (primary N) is 1. The second-order valence-electron chi connectivity index (χ2n) is 8.51. The van der Waals surface area contributed by atoms with Gasteiger partial charge in [0.1, 0.15) is 11.2 Å². The van der Waals surface area contributed by atoms with Crippen molar-refractivity contribution in [1.29, 1.82) is 0 Å². The fraction of sp³-hybridized carbons (Fsp3) is 0.217. The molecule has 34 heavy (non-hydrogen) atoms. The number of nitrogens with zero attached hydrogens (tertiary/aromatic N) is 2. The van der Waals surface area contributed by atoms with Gasteiger partial charge in [0.15, 0.2) is 0 Å². The van der Waals surface area contributed by atoms with Crippen LogP contribution in [0.3, 0.4) is 0 Å². The van der Waals surface area contributed by atoms with Crippen molar-refractivity contribution in [3.8, 4) is 11.3 Å². The molecule has 0 saturated heterocycles. The topological polar surface area (TPSA) is 107 Å². The monoisotopic (exact) mass is 490 g/mol. The Kier molecular flexibility index (Phi) is 5.45. The zero-order chi connectivity index (χ0) is 25.1. The minimum absolute atomic E-state index is 0.208. The second kappa shape index (κ2) is 7.81. The summed E-state index contributed by atoms with van der Waals surface area (Å²) in [6, 6.07) is 6.98. The van der Waals surface area contributed by atoms with Crippen LogP contribution in [-0.2, 0) is 10.0 Å². The first kappa shape index (κ1) is 23.7. The van der Waals surface area contributed by atoms with Gasteiger partial charge in [-0.2, -0.15) is 17.9 Å². The molecule has 1 aliphatic carbocycles. The van der Waals surface area contributed by atoms with Crippen LogP contribution in [0.1, 0.15) is 29.8 Å². The molecule has 3 aromatic rings. The SMILES string of the molecule is Cc1cnc2c(c1)c(C(N)=O)c(-c1ccc(S(=O)(=O)NC(C)(C)C(F)(F)F)cc1)n2C1=CC=C1. The first-order valence-corrected chi connectivity index (χ1v) is 11.6. The van der Waals surface area contributed by atoms with Crippen molar-refractivity contribution in [3.05, 3.63) is 65.9 Å². The smallest absolute Gasteiger partial charge is 0.366 e. The number of nitrogens with one attached hydrogen (secondary N) is 1. The third kappa shape index (κ3) is 3.90. The van der Waals surface area contributed by atoms with Crippen LogP contribution in [0.2, 0.25) is 0 Å². The molecule has 1 amide bonds. The number of halogens is 3. The number of rotatable bonds is 6. The molecule has 0 saturated carbocycles. The van der Waals surface area contributed by atoms with Crippen molar-refractivity contribution in [3.63, 3.8) is 0 Å². The Morgan fingerprint density at radius 1 is 1.15 bits per heavy atom. The number of carbonyl (C=O) groups is 1. The molecule has 0 unspecified atom stereocenters. The number of aromatic nitrogens is 2. The van der Waals surface area contributed by atoms with E-state index in [2.05, 4.69) is 4.98 Å². The van der Waals surface area contributed by atoms with Crippen LogP contribution in [0.4, 0.5) is 13.2 Å². The lowest BCUT2D eigenvalue weighted by molar-refractivity contribution is -0.180. The first-order valence-electron chi connectivity index (χ1n) is 10.1. The number of allylic oxidation sites excluding steroid dienone is 4. The highest BCUT2D eigenvalue weighted by molar-refractivity contribution is 7.89. The van der Waals surface area contributed by atoms with E-state index >= 15 is 0 Å². The number of pyridine rings is 1. The number of hydrogen-bond donors (Lipinski definition) is 2. The van der Waals surface area contributed by atoms with Crippen molar-refractivity contribution in [2.75, 3.05) is 0 Å². The van der Waals surface area contributed by atoms with Crippen molar-refractivity contribution in [2.45, 2.75) is 37.4 Å². The van der Waals surface area contributed by atoms with Crippen molar-refractivity contribution in [1.82, 2.24) is 14.3 Å². The molecule has 178 valence electrons. The van der Waals surface area contributed by atoms with E-state index in [1.54, 1.807) is 21.6 Å². The fourth-order valence-corrected chi connectivity index (χ4v) is 5.02. The summed E-state index contributed by atoms with van der Waals surface area (Å²) in [5.41, 5.74) is 6.17. The van der Waals surface area contributed by atoms with E-state index in [0.717, 1.165) is 25.1 Å². The number of alkyl halides is 3. The Morgan fingerprint density at radius 3 is 2.26 bits per heavy atom. The van der Waals surface area contributed by atoms with E-state index < -0.39 is 27.6 Å². The van der Waals surface area contributed by atoms with E-state index in [1.165, 1.54) is 24.3 Å². The van der Waals surface area contributed by atoms with E-state index in [9.17, 15) is 26.4 Å². The minimum Gasteiger partial charge on any atom is -0.366 e. The zero-order valence-electron chi connectivity index (χ0n) is 18.4. The van der Waals surface area contributed by atoms with E-state index in [0.29, 0.717) is 22.3 Å². The van der Waals surface area contributed by atoms with Gasteiger partial charge in [0, 0.05) is 17.3 Å². The summed E-state index contributed by atoms with van der Waals surface area (Å²) >= 11 is 0. The molecule has 3 N–H and O–H groups in total. The molecule has 4 rings (SSSR count). The molecular weight excluding hydrogens is 469 g/mol. The zero-order valence-corrected chi connectivity index (χ0v) is 19.3. The number of aryl methyl sites for hydroxylation is 1. The quantitative estimate of drug-likeness (QED) is 0.542. The highest BCUT2D eigenvalue weighted by Gasteiger charge is 2.49. The molecule has 0 fully saturated rings. The van der Waals surface area contributed by atoms with E-state index in [1.807, 2.05) is 25.2 Å². The molecule has 0 aliphatic heterocycles. The van der Waals surface area contributed by atoms with Gasteiger partial charge in [-0.3, -0.25) is 9.36 Å². The molecule has 11 heteroatoms. The average Bonchev–Trinajstić information content (AvgIpc) is 2.99. The lowest BCUT2D eigenvalue weighted by Crippen LogP contribution is -2.54. The van der Waals surface area contributed by atoms with Gasteiger partial charge < -0.3 is 5.73 Å². The van der Waals surface area contributed by atoms with Crippen LogP contribution < -0.4 is 10.5 Å². The van der Waals surface area contributed by atoms with Gasteiger partial charge in [0.2, 0.25) is 10.0 Å². The first-order chi connectivity index (χ1) is 15.7. The summed E-state index contributed by atoms with van der Waals surface area (Å²) in [5.74, 6) is -0.694. The summed E-state index contributed by atoms with van der Waals surface area (Å²) < 4.78 is 68.2. The highest BCUT2D eigenvalue weighted by Crippen LogP contribution is 2.38. The summed E-state index contributed by atoms with van der Waals surface area (Å²) in [4.78, 5) is 16.6. The van der Waals surface area contributed by atoms with Crippen LogP contribution in [0.5, 0.6) is 0 Å². The summed E-state index contributed by atoms with van der Waals surface area (Å²) in [7, 11) is -4.48. The highest BCUT2D eigenvalue weighted by atomic mass is 32.2. The Balaban J connectivity index is 1.85. The third-order valence-electron chi connectivity index (χ3n) is 5.52. The second-order valence-corrected chi connectivity index (χ2v) is 10.2.